The highest BCUT2D eigenvalue weighted by Crippen LogP contribution is 2.26. The molecule has 94 valence electrons. The van der Waals surface area contributed by atoms with E-state index in [0.717, 1.165) is 12.1 Å². The maximum absolute atomic E-state index is 13.2. The standard InChI is InChI=1S/C11H10F4O2/c1-7(6-16)4-8-2-3-10(9(12)5-8)17-11(13,14)15/h2-3,5-7H,4H2,1H3. The van der Waals surface area contributed by atoms with Crippen LogP contribution < -0.4 is 4.74 Å². The molecule has 0 aromatic heterocycles. The first-order valence-corrected chi connectivity index (χ1v) is 4.81. The first kappa shape index (κ1) is 13.5. The van der Waals surface area contributed by atoms with Gasteiger partial charge in [-0.15, -0.1) is 13.2 Å². The number of ether oxygens (including phenoxy) is 1. The zero-order valence-electron chi connectivity index (χ0n) is 8.92. The molecule has 0 aliphatic carbocycles. The van der Waals surface area contributed by atoms with E-state index in [1.54, 1.807) is 6.92 Å². The monoisotopic (exact) mass is 250 g/mol. The van der Waals surface area contributed by atoms with Gasteiger partial charge in [-0.05, 0) is 24.1 Å². The Hall–Kier alpha value is -1.59. The molecule has 1 atom stereocenters. The van der Waals surface area contributed by atoms with Crippen LogP contribution in [0.15, 0.2) is 18.2 Å². The highest BCUT2D eigenvalue weighted by molar-refractivity contribution is 5.53. The van der Waals surface area contributed by atoms with E-state index in [1.807, 2.05) is 0 Å². The van der Waals surface area contributed by atoms with Crippen molar-refractivity contribution in [2.45, 2.75) is 19.7 Å². The van der Waals surface area contributed by atoms with Crippen LogP contribution in [0.2, 0.25) is 0 Å². The van der Waals surface area contributed by atoms with Crippen molar-refractivity contribution >= 4 is 6.29 Å². The van der Waals surface area contributed by atoms with E-state index in [9.17, 15) is 22.4 Å². The molecule has 17 heavy (non-hydrogen) atoms. The van der Waals surface area contributed by atoms with E-state index < -0.39 is 17.9 Å². The summed E-state index contributed by atoms with van der Waals surface area (Å²) in [6.07, 6.45) is -3.96. The molecule has 0 spiro atoms. The average molecular weight is 250 g/mol. The number of halogens is 4. The summed E-state index contributed by atoms with van der Waals surface area (Å²) in [5.74, 6) is -2.29. The van der Waals surface area contributed by atoms with Gasteiger partial charge < -0.3 is 9.53 Å². The zero-order valence-corrected chi connectivity index (χ0v) is 8.92. The van der Waals surface area contributed by atoms with Gasteiger partial charge in [0.15, 0.2) is 11.6 Å². The largest absolute Gasteiger partial charge is 0.573 e. The van der Waals surface area contributed by atoms with E-state index in [2.05, 4.69) is 4.74 Å². The number of hydrogen-bond acceptors (Lipinski definition) is 2. The van der Waals surface area contributed by atoms with Gasteiger partial charge in [-0.1, -0.05) is 13.0 Å². The van der Waals surface area contributed by atoms with Gasteiger partial charge >= 0.3 is 6.36 Å². The Kier molecular flexibility index (Phi) is 4.09. The third kappa shape index (κ3) is 4.42. The average Bonchev–Trinajstić information content (AvgIpc) is 2.20. The fourth-order valence-corrected chi connectivity index (χ4v) is 1.30. The van der Waals surface area contributed by atoms with Crippen molar-refractivity contribution in [3.63, 3.8) is 0 Å². The smallest absolute Gasteiger partial charge is 0.403 e. The summed E-state index contributed by atoms with van der Waals surface area (Å²) in [6, 6.07) is 3.13. The van der Waals surface area contributed by atoms with Gasteiger partial charge in [-0.2, -0.15) is 0 Å². The molecule has 0 heterocycles. The Morgan fingerprint density at radius 3 is 2.53 bits per heavy atom. The van der Waals surface area contributed by atoms with Crippen LogP contribution in [0, 0.1) is 11.7 Å². The number of hydrogen-bond donors (Lipinski definition) is 0. The molecular weight excluding hydrogens is 240 g/mol. The van der Waals surface area contributed by atoms with Crippen LogP contribution in [-0.4, -0.2) is 12.6 Å². The number of carbonyl (C=O) groups is 1. The van der Waals surface area contributed by atoms with Gasteiger partial charge in [0.2, 0.25) is 0 Å². The van der Waals surface area contributed by atoms with Crippen molar-refractivity contribution in [3.8, 4) is 5.75 Å². The quantitative estimate of drug-likeness (QED) is 0.606. The van der Waals surface area contributed by atoms with Gasteiger partial charge in [0.05, 0.1) is 0 Å². The van der Waals surface area contributed by atoms with E-state index in [0.29, 0.717) is 11.8 Å². The number of alkyl halides is 3. The molecule has 0 amide bonds. The molecule has 1 aromatic rings. The lowest BCUT2D eigenvalue weighted by molar-refractivity contribution is -0.275. The summed E-state index contributed by atoms with van der Waals surface area (Å²) in [7, 11) is 0. The van der Waals surface area contributed by atoms with Crippen molar-refractivity contribution in [1.82, 2.24) is 0 Å². The predicted molar refractivity (Wildman–Crippen MR) is 52.0 cm³/mol. The van der Waals surface area contributed by atoms with Gasteiger partial charge in [-0.25, -0.2) is 4.39 Å². The van der Waals surface area contributed by atoms with E-state index in [4.69, 9.17) is 0 Å². The highest BCUT2D eigenvalue weighted by atomic mass is 19.4. The maximum atomic E-state index is 13.2. The lowest BCUT2D eigenvalue weighted by atomic mass is 10.0. The fraction of sp³-hybridized carbons (Fsp3) is 0.364. The molecule has 0 N–H and O–H groups in total. The number of aldehydes is 1. The lowest BCUT2D eigenvalue weighted by Gasteiger charge is -2.11. The minimum atomic E-state index is -4.92. The first-order valence-electron chi connectivity index (χ1n) is 4.81. The second-order valence-corrected chi connectivity index (χ2v) is 3.63. The Balaban J connectivity index is 2.83. The molecule has 1 aromatic carbocycles. The van der Waals surface area contributed by atoms with Crippen molar-refractivity contribution in [2.24, 2.45) is 5.92 Å². The molecule has 0 radical (unpaired) electrons. The summed E-state index contributed by atoms with van der Waals surface area (Å²) in [5.41, 5.74) is 0.441. The van der Waals surface area contributed by atoms with Crippen molar-refractivity contribution < 1.29 is 27.1 Å². The van der Waals surface area contributed by atoms with Gasteiger partial charge in [0.1, 0.15) is 6.29 Å². The van der Waals surface area contributed by atoms with Crippen molar-refractivity contribution in [1.29, 1.82) is 0 Å². The van der Waals surface area contributed by atoms with Crippen LogP contribution in [-0.2, 0) is 11.2 Å². The Morgan fingerprint density at radius 2 is 2.06 bits per heavy atom. The van der Waals surface area contributed by atoms with Crippen molar-refractivity contribution in [2.75, 3.05) is 0 Å². The Morgan fingerprint density at radius 1 is 1.41 bits per heavy atom. The summed E-state index contributed by atoms with van der Waals surface area (Å²) in [6.45, 7) is 1.63. The normalized spacial score (nSPS) is 13.2. The maximum Gasteiger partial charge on any atom is 0.573 e. The number of carbonyl (C=O) groups excluding carboxylic acids is 1. The minimum Gasteiger partial charge on any atom is -0.403 e. The van der Waals surface area contributed by atoms with Crippen LogP contribution >= 0.6 is 0 Å². The predicted octanol–water partition coefficient (Wildman–Crippen LogP) is 3.10. The van der Waals surface area contributed by atoms with Crippen LogP contribution in [0.5, 0.6) is 5.75 Å². The summed E-state index contributed by atoms with van der Waals surface area (Å²) < 4.78 is 52.2. The molecule has 0 bridgehead atoms. The van der Waals surface area contributed by atoms with Gasteiger partial charge in [0, 0.05) is 5.92 Å². The van der Waals surface area contributed by atoms with E-state index >= 15 is 0 Å². The molecule has 0 aliphatic heterocycles. The topological polar surface area (TPSA) is 26.3 Å². The molecule has 2 nitrogen and oxygen atoms in total. The molecule has 0 saturated carbocycles. The van der Waals surface area contributed by atoms with Crippen molar-refractivity contribution in [3.05, 3.63) is 29.6 Å². The number of benzene rings is 1. The van der Waals surface area contributed by atoms with Gasteiger partial charge in [-0.3, -0.25) is 0 Å². The second kappa shape index (κ2) is 5.16. The van der Waals surface area contributed by atoms with Crippen LogP contribution in [0.3, 0.4) is 0 Å². The van der Waals surface area contributed by atoms with Crippen LogP contribution in [0.25, 0.3) is 0 Å². The molecule has 6 heteroatoms. The summed E-state index contributed by atoms with van der Waals surface area (Å²) in [4.78, 5) is 10.4. The fourth-order valence-electron chi connectivity index (χ4n) is 1.30. The van der Waals surface area contributed by atoms with E-state index in [-0.39, 0.29) is 12.3 Å². The second-order valence-electron chi connectivity index (χ2n) is 3.63. The van der Waals surface area contributed by atoms with Crippen LogP contribution in [0.4, 0.5) is 17.6 Å². The Labute approximate surface area is 95.2 Å². The van der Waals surface area contributed by atoms with E-state index in [1.165, 1.54) is 6.07 Å². The highest BCUT2D eigenvalue weighted by Gasteiger charge is 2.32. The lowest BCUT2D eigenvalue weighted by Crippen LogP contribution is -2.18. The molecule has 0 aliphatic rings. The third-order valence-electron chi connectivity index (χ3n) is 2.01. The molecular formula is C11H10F4O2. The summed E-state index contributed by atoms with van der Waals surface area (Å²) >= 11 is 0. The molecule has 1 rings (SSSR count). The molecule has 0 saturated heterocycles. The third-order valence-corrected chi connectivity index (χ3v) is 2.01. The zero-order chi connectivity index (χ0) is 13.1. The number of rotatable bonds is 4. The molecule has 1 unspecified atom stereocenters. The Bertz CT molecular complexity index is 401. The van der Waals surface area contributed by atoms with Crippen LogP contribution in [0.1, 0.15) is 12.5 Å². The van der Waals surface area contributed by atoms with Gasteiger partial charge in [0.25, 0.3) is 0 Å². The first-order chi connectivity index (χ1) is 7.81. The minimum absolute atomic E-state index is 0.271. The SMILES string of the molecule is CC(C=O)Cc1ccc(OC(F)(F)F)c(F)c1. The summed E-state index contributed by atoms with van der Waals surface area (Å²) in [5, 5.41) is 0. The molecule has 0 fully saturated rings.